The molecule has 0 aliphatic carbocycles. The molecular weight excluding hydrogens is 682 g/mol. The first-order chi connectivity index (χ1) is 24.5. The largest absolute Gasteiger partial charge is 0.480 e. The summed E-state index contributed by atoms with van der Waals surface area (Å²) in [5, 5.41) is 39.9. The van der Waals surface area contributed by atoms with Crippen molar-refractivity contribution in [1.29, 1.82) is 0 Å². The van der Waals surface area contributed by atoms with E-state index >= 15 is 0 Å². The number of hydrogen-bond acceptors (Lipinski definition) is 11. The number of aromatic nitrogens is 2. The fraction of sp³-hybridized carbons (Fsp3) is 0.697. The summed E-state index contributed by atoms with van der Waals surface area (Å²) in [6, 6.07) is -8.44. The summed E-state index contributed by atoms with van der Waals surface area (Å²) >= 11 is 0. The number of aliphatic hydroxyl groups is 2. The Morgan fingerprint density at radius 3 is 1.88 bits per heavy atom. The summed E-state index contributed by atoms with van der Waals surface area (Å²) in [6.07, 6.45) is 2.85. The van der Waals surface area contributed by atoms with E-state index in [4.69, 9.17) is 5.73 Å². The Kier molecular flexibility index (Phi) is 15.1. The Balaban J connectivity index is 1.67. The number of H-pyrrole nitrogens is 1. The molecule has 0 saturated carbocycles. The minimum Gasteiger partial charge on any atom is -0.480 e. The molecular formula is C33H53N9O10. The van der Waals surface area contributed by atoms with E-state index < -0.39 is 102 Å². The molecule has 8 atom stereocenters. The van der Waals surface area contributed by atoms with Crippen LogP contribution in [0, 0.1) is 11.8 Å². The van der Waals surface area contributed by atoms with E-state index in [1.54, 1.807) is 27.7 Å². The molecule has 2 aliphatic heterocycles. The number of aliphatic carboxylic acids is 1. The highest BCUT2D eigenvalue weighted by Gasteiger charge is 2.42. The normalized spacial score (nSPS) is 20.8. The molecule has 0 aromatic carbocycles. The monoisotopic (exact) mass is 735 g/mol. The zero-order valence-electron chi connectivity index (χ0n) is 30.2. The standard InChI is InChI=1S/C33H53N9O10/c1-16(2)24(34)31(49)41-10-6-9-23(41)29(47)40-26(18(5)44)30(48)38-21(14-43)27(45)39-25(17(3)4)32(50)42-11-7-8-22(42)28(46)37-20(33(51)52)12-19-13-35-15-36-19/h13,15-18,20-26,43-44H,6-12,14,34H2,1-5H3,(H,35,36)(H,37,46)(H,38,48)(H,39,45)(H,40,47)(H,51,52)/t18-,20+,21+,22+,23+,24+,25+,26+/m1/s1. The third-order valence-corrected chi connectivity index (χ3v) is 9.38. The van der Waals surface area contributed by atoms with E-state index in [0.29, 0.717) is 31.5 Å². The minimum atomic E-state index is -1.61. The fourth-order valence-corrected chi connectivity index (χ4v) is 6.22. The summed E-state index contributed by atoms with van der Waals surface area (Å²) in [5.74, 6) is -6.32. The highest BCUT2D eigenvalue weighted by molar-refractivity contribution is 5.97. The lowest BCUT2D eigenvalue weighted by Gasteiger charge is -2.32. The topological polar surface area (TPSA) is 289 Å². The average Bonchev–Trinajstić information content (AvgIpc) is 3.89. The van der Waals surface area contributed by atoms with Crippen molar-refractivity contribution in [1.82, 2.24) is 41.0 Å². The van der Waals surface area contributed by atoms with E-state index in [0.717, 1.165) is 0 Å². The molecule has 19 nitrogen and oxygen atoms in total. The van der Waals surface area contributed by atoms with E-state index in [1.807, 2.05) is 0 Å². The van der Waals surface area contributed by atoms with Crippen LogP contribution in [0.25, 0.3) is 0 Å². The number of carboxylic acids is 1. The number of aliphatic hydroxyl groups excluding tert-OH is 2. The van der Waals surface area contributed by atoms with Crippen molar-refractivity contribution in [3.8, 4) is 0 Å². The number of carboxylic acid groups (broad SMARTS) is 1. The zero-order chi connectivity index (χ0) is 38.9. The number of carbonyl (C=O) groups is 7. The quantitative estimate of drug-likeness (QED) is 0.0773. The molecule has 0 radical (unpaired) electrons. The van der Waals surface area contributed by atoms with Crippen LogP contribution in [0.5, 0.6) is 0 Å². The number of amides is 6. The van der Waals surface area contributed by atoms with Crippen molar-refractivity contribution >= 4 is 41.4 Å². The van der Waals surface area contributed by atoms with Crippen LogP contribution in [0.1, 0.15) is 66.0 Å². The summed E-state index contributed by atoms with van der Waals surface area (Å²) in [6.45, 7) is 7.65. The van der Waals surface area contributed by atoms with Crippen LogP contribution in [-0.4, -0.2) is 145 Å². The van der Waals surface area contributed by atoms with Gasteiger partial charge in [-0.15, -0.1) is 0 Å². The second-order valence-electron chi connectivity index (χ2n) is 14.0. The summed E-state index contributed by atoms with van der Waals surface area (Å²) < 4.78 is 0. The van der Waals surface area contributed by atoms with E-state index in [9.17, 15) is 48.9 Å². The molecule has 52 heavy (non-hydrogen) atoms. The maximum Gasteiger partial charge on any atom is 0.326 e. The first kappa shape index (κ1) is 41.8. The van der Waals surface area contributed by atoms with E-state index in [2.05, 4.69) is 31.2 Å². The lowest BCUT2D eigenvalue weighted by atomic mass is 10.0. The van der Waals surface area contributed by atoms with Crippen LogP contribution in [0.15, 0.2) is 12.5 Å². The first-order valence-electron chi connectivity index (χ1n) is 17.5. The van der Waals surface area contributed by atoms with Crippen molar-refractivity contribution in [2.75, 3.05) is 19.7 Å². The average molecular weight is 736 g/mol. The second-order valence-corrected chi connectivity index (χ2v) is 14.0. The van der Waals surface area contributed by atoms with Crippen LogP contribution >= 0.6 is 0 Å². The van der Waals surface area contributed by atoms with Gasteiger partial charge in [0, 0.05) is 31.4 Å². The molecule has 3 heterocycles. The number of nitrogens with zero attached hydrogens (tertiary/aromatic N) is 3. The number of nitrogens with two attached hydrogens (primary N) is 1. The molecule has 1 aromatic rings. The number of imidazole rings is 1. The van der Waals surface area contributed by atoms with Gasteiger partial charge in [-0.05, 0) is 44.4 Å². The van der Waals surface area contributed by atoms with Crippen molar-refractivity contribution in [2.24, 2.45) is 17.6 Å². The van der Waals surface area contributed by atoms with Crippen LogP contribution in [0.4, 0.5) is 0 Å². The Bertz CT molecular complexity index is 1440. The summed E-state index contributed by atoms with van der Waals surface area (Å²) in [7, 11) is 0. The second kappa shape index (κ2) is 18.7. The third-order valence-electron chi connectivity index (χ3n) is 9.38. The van der Waals surface area contributed by atoms with Gasteiger partial charge in [0.25, 0.3) is 0 Å². The van der Waals surface area contributed by atoms with Gasteiger partial charge in [0.2, 0.25) is 35.4 Å². The summed E-state index contributed by atoms with van der Waals surface area (Å²) in [4.78, 5) is 101. The molecule has 2 fully saturated rings. The molecule has 0 bridgehead atoms. The molecule has 0 unspecified atom stereocenters. The minimum absolute atomic E-state index is 0.0635. The molecule has 19 heteroatoms. The maximum atomic E-state index is 13.8. The number of nitrogens with one attached hydrogen (secondary N) is 5. The molecule has 290 valence electrons. The van der Waals surface area contributed by atoms with Gasteiger partial charge in [-0.3, -0.25) is 28.8 Å². The molecule has 3 rings (SSSR count). The molecule has 10 N–H and O–H groups in total. The Hall–Kier alpha value is -4.62. The lowest BCUT2D eigenvalue weighted by Crippen LogP contribution is -2.62. The number of hydrogen-bond donors (Lipinski definition) is 9. The molecule has 2 aliphatic rings. The SMILES string of the molecule is CC(C)[C@H](N)C(=O)N1CCC[C@H]1C(=O)N[C@H](C(=O)N[C@@H](CO)C(=O)N[C@H](C(=O)N1CCC[C@H]1C(=O)N[C@@H](Cc1cnc[nH]1)C(=O)O)C(C)C)[C@@H](C)O. The first-order valence-corrected chi connectivity index (χ1v) is 17.5. The smallest absolute Gasteiger partial charge is 0.326 e. The number of carbonyl (C=O) groups excluding carboxylic acids is 6. The third kappa shape index (κ3) is 10.5. The van der Waals surface area contributed by atoms with Crippen LogP contribution in [0.3, 0.4) is 0 Å². The summed E-state index contributed by atoms with van der Waals surface area (Å²) in [5.41, 5.74) is 6.51. The molecule has 1 aromatic heterocycles. The maximum absolute atomic E-state index is 13.8. The fourth-order valence-electron chi connectivity index (χ4n) is 6.22. The Morgan fingerprint density at radius 1 is 0.827 bits per heavy atom. The Labute approximate surface area is 301 Å². The van der Waals surface area contributed by atoms with E-state index in [-0.39, 0.29) is 25.3 Å². The van der Waals surface area contributed by atoms with Gasteiger partial charge in [0.15, 0.2) is 0 Å². The molecule has 0 spiro atoms. The van der Waals surface area contributed by atoms with Gasteiger partial charge in [0.05, 0.1) is 25.1 Å². The van der Waals surface area contributed by atoms with Gasteiger partial charge in [-0.1, -0.05) is 27.7 Å². The van der Waals surface area contributed by atoms with Gasteiger partial charge in [-0.2, -0.15) is 0 Å². The van der Waals surface area contributed by atoms with Crippen molar-refractivity contribution in [3.05, 3.63) is 18.2 Å². The van der Waals surface area contributed by atoms with Crippen LogP contribution in [0.2, 0.25) is 0 Å². The highest BCUT2D eigenvalue weighted by atomic mass is 16.4. The van der Waals surface area contributed by atoms with Gasteiger partial charge >= 0.3 is 5.97 Å². The van der Waals surface area contributed by atoms with Crippen LogP contribution < -0.4 is 27.0 Å². The predicted molar refractivity (Wildman–Crippen MR) is 184 cm³/mol. The Morgan fingerprint density at radius 2 is 1.40 bits per heavy atom. The lowest BCUT2D eigenvalue weighted by molar-refractivity contribution is -0.145. The predicted octanol–water partition coefficient (Wildman–Crippen LogP) is -3.03. The van der Waals surface area contributed by atoms with Gasteiger partial charge < -0.3 is 57.1 Å². The van der Waals surface area contributed by atoms with Crippen molar-refractivity contribution in [3.63, 3.8) is 0 Å². The van der Waals surface area contributed by atoms with Crippen molar-refractivity contribution < 1.29 is 48.9 Å². The van der Waals surface area contributed by atoms with Gasteiger partial charge in [-0.25, -0.2) is 9.78 Å². The van der Waals surface area contributed by atoms with Gasteiger partial charge in [0.1, 0.15) is 36.3 Å². The van der Waals surface area contributed by atoms with Crippen molar-refractivity contribution in [2.45, 2.75) is 115 Å². The highest BCUT2D eigenvalue weighted by Crippen LogP contribution is 2.22. The number of aromatic amines is 1. The number of rotatable bonds is 17. The van der Waals surface area contributed by atoms with Crippen LogP contribution in [-0.2, 0) is 40.0 Å². The van der Waals surface area contributed by atoms with E-state index in [1.165, 1.54) is 29.2 Å². The molecule has 6 amide bonds. The number of likely N-dealkylation sites (tertiary alicyclic amines) is 2. The zero-order valence-corrected chi connectivity index (χ0v) is 30.2. The molecule has 2 saturated heterocycles.